The number of halogens is 2. The van der Waals surface area contributed by atoms with Crippen LogP contribution in [0, 0.1) is 18.7 Å². The van der Waals surface area contributed by atoms with Gasteiger partial charge in [-0.3, -0.25) is 13.8 Å². The van der Waals surface area contributed by atoms with Gasteiger partial charge in [-0.05, 0) is 43.5 Å². The predicted molar refractivity (Wildman–Crippen MR) is 120 cm³/mol. The first kappa shape index (κ1) is 20.9. The lowest BCUT2D eigenvalue weighted by molar-refractivity contribution is 0.512. The van der Waals surface area contributed by atoms with Crippen LogP contribution in [0.4, 0.5) is 4.39 Å². The minimum Gasteiger partial charge on any atom is -0.276 e. The maximum absolute atomic E-state index is 14.2. The molecule has 0 atom stereocenters. The molecule has 0 saturated carbocycles. The molecular weight excluding hydrogens is 423 g/mol. The molecule has 30 heavy (non-hydrogen) atoms. The second-order valence-corrected chi connectivity index (χ2v) is 9.12. The summed E-state index contributed by atoms with van der Waals surface area (Å²) in [5, 5.41) is 10.2. The Morgan fingerprint density at radius 3 is 2.73 bits per heavy atom. The van der Waals surface area contributed by atoms with Crippen LogP contribution in [0.15, 0.2) is 46.3 Å². The second-order valence-electron chi connectivity index (χ2n) is 7.77. The topological polar surface area (TPSA) is 52.2 Å². The Hall–Kier alpha value is -2.38. The van der Waals surface area contributed by atoms with Crippen molar-refractivity contribution in [2.24, 2.45) is 5.92 Å². The Morgan fingerprint density at radius 2 is 2.00 bits per heavy atom. The molecule has 2 heterocycles. The van der Waals surface area contributed by atoms with Gasteiger partial charge in [-0.1, -0.05) is 54.9 Å². The molecule has 0 unspecified atom stereocenters. The molecule has 8 heteroatoms. The summed E-state index contributed by atoms with van der Waals surface area (Å²) in [5.41, 5.74) is 2.11. The molecule has 5 nitrogen and oxygen atoms in total. The second kappa shape index (κ2) is 8.40. The molecule has 0 N–H and O–H groups in total. The van der Waals surface area contributed by atoms with E-state index in [1.54, 1.807) is 16.7 Å². The Balaban J connectivity index is 1.85. The van der Waals surface area contributed by atoms with Gasteiger partial charge in [0.25, 0.3) is 5.56 Å². The number of thioether (sulfide) groups is 1. The summed E-state index contributed by atoms with van der Waals surface area (Å²) in [6.45, 7) is 6.77. The van der Waals surface area contributed by atoms with Crippen molar-refractivity contribution in [1.82, 2.24) is 19.2 Å². The lowest BCUT2D eigenvalue weighted by atomic mass is 10.1. The van der Waals surface area contributed by atoms with Crippen LogP contribution >= 0.6 is 23.4 Å². The zero-order valence-electron chi connectivity index (χ0n) is 17.0. The highest BCUT2D eigenvalue weighted by Crippen LogP contribution is 2.29. The van der Waals surface area contributed by atoms with Crippen molar-refractivity contribution in [3.63, 3.8) is 0 Å². The zero-order chi connectivity index (χ0) is 21.4. The van der Waals surface area contributed by atoms with Crippen LogP contribution in [0.5, 0.6) is 0 Å². The standard InChI is InChI=1S/C22H22ClFN4OS/c1-13(2)9-10-27-20(29)15-11-14(3)7-8-19(15)28-21(27)25-26-22(28)30-12-16-17(23)5-4-6-18(16)24/h4-8,11,13H,9-10,12H2,1-3H3. The van der Waals surface area contributed by atoms with Gasteiger partial charge in [-0.15, -0.1) is 10.2 Å². The number of aryl methyl sites for hydroxylation is 2. The molecule has 4 rings (SSSR count). The van der Waals surface area contributed by atoms with Crippen molar-refractivity contribution >= 4 is 40.0 Å². The van der Waals surface area contributed by atoms with E-state index >= 15 is 0 Å². The molecule has 0 saturated heterocycles. The molecule has 0 aliphatic rings. The maximum Gasteiger partial charge on any atom is 0.262 e. The number of aromatic nitrogens is 4. The Labute approximate surface area is 182 Å². The average molecular weight is 445 g/mol. The van der Waals surface area contributed by atoms with Crippen molar-refractivity contribution in [3.05, 3.63) is 68.7 Å². The maximum atomic E-state index is 14.2. The van der Waals surface area contributed by atoms with E-state index in [9.17, 15) is 9.18 Å². The molecule has 0 spiro atoms. The summed E-state index contributed by atoms with van der Waals surface area (Å²) in [6.07, 6.45) is 0.854. The van der Waals surface area contributed by atoms with Crippen LogP contribution in [0.3, 0.4) is 0 Å². The molecule has 2 aromatic heterocycles. The molecule has 0 amide bonds. The minimum atomic E-state index is -0.349. The van der Waals surface area contributed by atoms with Gasteiger partial charge in [0.05, 0.1) is 10.9 Å². The first-order valence-corrected chi connectivity index (χ1v) is 11.2. The quantitative estimate of drug-likeness (QED) is 0.369. The molecule has 0 fully saturated rings. The predicted octanol–water partition coefficient (Wildman–Crippen LogP) is 5.48. The Morgan fingerprint density at radius 1 is 1.20 bits per heavy atom. The zero-order valence-corrected chi connectivity index (χ0v) is 18.6. The van der Waals surface area contributed by atoms with Gasteiger partial charge in [-0.25, -0.2) is 4.39 Å². The van der Waals surface area contributed by atoms with Crippen LogP contribution in [0.1, 0.15) is 31.4 Å². The normalized spacial score (nSPS) is 11.8. The summed E-state index contributed by atoms with van der Waals surface area (Å²) in [5.74, 6) is 0.910. The SMILES string of the molecule is Cc1ccc2c(c1)c(=O)n(CCC(C)C)c1nnc(SCc3c(F)cccc3Cl)n21. The van der Waals surface area contributed by atoms with Crippen LogP contribution in [0.25, 0.3) is 16.7 Å². The van der Waals surface area contributed by atoms with Crippen LogP contribution in [-0.4, -0.2) is 19.2 Å². The van der Waals surface area contributed by atoms with Gasteiger partial charge in [0.1, 0.15) is 5.82 Å². The third kappa shape index (κ3) is 3.84. The molecular formula is C22H22ClFN4OS. The van der Waals surface area contributed by atoms with E-state index in [4.69, 9.17) is 11.6 Å². The Bertz CT molecular complexity index is 1280. The van der Waals surface area contributed by atoms with Gasteiger partial charge < -0.3 is 0 Å². The molecule has 2 aromatic carbocycles. The monoisotopic (exact) mass is 444 g/mol. The van der Waals surface area contributed by atoms with E-state index in [2.05, 4.69) is 24.0 Å². The lowest BCUT2D eigenvalue weighted by Crippen LogP contribution is -2.24. The van der Waals surface area contributed by atoms with E-state index in [1.807, 2.05) is 29.5 Å². The first-order valence-electron chi connectivity index (χ1n) is 9.80. The molecule has 0 aliphatic heterocycles. The first-order chi connectivity index (χ1) is 14.4. The van der Waals surface area contributed by atoms with Crippen molar-refractivity contribution in [3.8, 4) is 0 Å². The molecule has 0 aliphatic carbocycles. The minimum absolute atomic E-state index is 0.0667. The van der Waals surface area contributed by atoms with Crippen molar-refractivity contribution in [2.45, 2.75) is 44.6 Å². The largest absolute Gasteiger partial charge is 0.276 e. The number of hydrogen-bond donors (Lipinski definition) is 0. The fourth-order valence-corrected chi connectivity index (χ4v) is 4.67. The summed E-state index contributed by atoms with van der Waals surface area (Å²) in [6, 6.07) is 10.4. The molecule has 0 radical (unpaired) electrons. The number of rotatable bonds is 6. The van der Waals surface area contributed by atoms with E-state index in [-0.39, 0.29) is 11.4 Å². The van der Waals surface area contributed by atoms with Gasteiger partial charge in [0, 0.05) is 22.9 Å². The number of hydrogen-bond acceptors (Lipinski definition) is 4. The third-order valence-corrected chi connectivity index (χ3v) is 6.37. The van der Waals surface area contributed by atoms with Gasteiger partial charge in [0.15, 0.2) is 5.16 Å². The van der Waals surface area contributed by atoms with Crippen molar-refractivity contribution in [2.75, 3.05) is 0 Å². The number of nitrogens with zero attached hydrogens (tertiary/aromatic N) is 4. The van der Waals surface area contributed by atoms with Crippen LogP contribution in [-0.2, 0) is 12.3 Å². The highest BCUT2D eigenvalue weighted by Gasteiger charge is 2.18. The number of benzene rings is 2. The van der Waals surface area contributed by atoms with Crippen LogP contribution < -0.4 is 5.56 Å². The molecule has 0 bridgehead atoms. The van der Waals surface area contributed by atoms with Gasteiger partial charge >= 0.3 is 0 Å². The lowest BCUT2D eigenvalue weighted by Gasteiger charge is -2.13. The van der Waals surface area contributed by atoms with E-state index in [0.29, 0.717) is 45.1 Å². The van der Waals surface area contributed by atoms with Crippen LogP contribution in [0.2, 0.25) is 5.02 Å². The molecule has 4 aromatic rings. The van der Waals surface area contributed by atoms with E-state index < -0.39 is 0 Å². The average Bonchev–Trinajstić information content (AvgIpc) is 3.11. The van der Waals surface area contributed by atoms with E-state index in [1.165, 1.54) is 17.8 Å². The summed E-state index contributed by atoms with van der Waals surface area (Å²) >= 11 is 7.52. The fourth-order valence-electron chi connectivity index (χ4n) is 3.39. The van der Waals surface area contributed by atoms with Crippen molar-refractivity contribution in [1.29, 1.82) is 0 Å². The Kier molecular flexibility index (Phi) is 5.84. The van der Waals surface area contributed by atoms with Gasteiger partial charge in [-0.2, -0.15) is 0 Å². The highest BCUT2D eigenvalue weighted by atomic mass is 35.5. The van der Waals surface area contributed by atoms with Gasteiger partial charge in [0.2, 0.25) is 5.78 Å². The van der Waals surface area contributed by atoms with E-state index in [0.717, 1.165) is 17.5 Å². The summed E-state index contributed by atoms with van der Waals surface area (Å²) < 4.78 is 17.8. The highest BCUT2D eigenvalue weighted by molar-refractivity contribution is 7.98. The smallest absolute Gasteiger partial charge is 0.262 e. The third-order valence-electron chi connectivity index (χ3n) is 5.06. The molecule has 156 valence electrons. The fraction of sp³-hybridized carbons (Fsp3) is 0.318. The summed E-state index contributed by atoms with van der Waals surface area (Å²) in [4.78, 5) is 13.2. The number of fused-ring (bicyclic) bond motifs is 3. The summed E-state index contributed by atoms with van der Waals surface area (Å²) in [7, 11) is 0. The van der Waals surface area contributed by atoms with Crippen molar-refractivity contribution < 1.29 is 4.39 Å².